The molecule has 1 atom stereocenters. The first-order valence-electron chi connectivity index (χ1n) is 6.64. The van der Waals surface area contributed by atoms with Crippen molar-refractivity contribution in [2.24, 2.45) is 0 Å². The second-order valence-corrected chi connectivity index (χ2v) is 5.91. The molecule has 0 aliphatic rings. The fourth-order valence-corrected chi connectivity index (χ4v) is 2.92. The number of thioether (sulfide) groups is 1. The molecular weight excluding hydrogens is 250 g/mol. The van der Waals surface area contributed by atoms with E-state index in [1.165, 1.54) is 21.6 Å². The lowest BCUT2D eigenvalue weighted by atomic mass is 10.1. The van der Waals surface area contributed by atoms with Gasteiger partial charge in [0.2, 0.25) is 0 Å². The van der Waals surface area contributed by atoms with Crippen molar-refractivity contribution in [2.75, 3.05) is 7.05 Å². The van der Waals surface area contributed by atoms with Crippen LogP contribution in [0.15, 0.2) is 53.4 Å². The van der Waals surface area contributed by atoms with Gasteiger partial charge in [-0.1, -0.05) is 42.0 Å². The summed E-state index contributed by atoms with van der Waals surface area (Å²) < 4.78 is 0. The average Bonchev–Trinajstić information content (AvgIpc) is 2.45. The van der Waals surface area contributed by atoms with Crippen molar-refractivity contribution in [3.8, 4) is 0 Å². The van der Waals surface area contributed by atoms with Crippen LogP contribution >= 0.6 is 11.8 Å². The zero-order chi connectivity index (χ0) is 13.7. The lowest BCUT2D eigenvalue weighted by Gasteiger charge is -2.12. The van der Waals surface area contributed by atoms with Crippen LogP contribution in [0, 0.1) is 6.92 Å². The van der Waals surface area contributed by atoms with Crippen LogP contribution in [0.1, 0.15) is 29.7 Å². The van der Waals surface area contributed by atoms with Crippen molar-refractivity contribution < 1.29 is 0 Å². The molecule has 1 unspecified atom stereocenters. The molecule has 2 aromatic carbocycles. The van der Waals surface area contributed by atoms with Crippen molar-refractivity contribution in [1.82, 2.24) is 5.32 Å². The summed E-state index contributed by atoms with van der Waals surface area (Å²) in [7, 11) is 2.00. The smallest absolute Gasteiger partial charge is 0.0289 e. The van der Waals surface area contributed by atoms with E-state index < -0.39 is 0 Å². The largest absolute Gasteiger partial charge is 0.313 e. The predicted molar refractivity (Wildman–Crippen MR) is 84.7 cm³/mol. The minimum absolute atomic E-state index is 0.402. The Bertz CT molecular complexity index is 536. The zero-order valence-electron chi connectivity index (χ0n) is 11.8. The second-order valence-electron chi connectivity index (χ2n) is 4.86. The van der Waals surface area contributed by atoms with E-state index in [-0.39, 0.29) is 0 Å². The number of hydrogen-bond donors (Lipinski definition) is 1. The molecule has 0 heterocycles. The highest BCUT2D eigenvalue weighted by Gasteiger charge is 2.03. The van der Waals surface area contributed by atoms with E-state index in [4.69, 9.17) is 0 Å². The molecule has 0 amide bonds. The van der Waals surface area contributed by atoms with Gasteiger partial charge in [0.1, 0.15) is 0 Å². The van der Waals surface area contributed by atoms with Gasteiger partial charge in [-0.25, -0.2) is 0 Å². The van der Waals surface area contributed by atoms with E-state index in [9.17, 15) is 0 Å². The molecule has 100 valence electrons. The lowest BCUT2D eigenvalue weighted by Crippen LogP contribution is -2.11. The normalized spacial score (nSPS) is 12.4. The van der Waals surface area contributed by atoms with Gasteiger partial charge in [0, 0.05) is 16.7 Å². The standard InChI is InChI=1S/C17H21NS/c1-13-6-4-7-15(10-13)12-19-17-9-5-8-16(11-17)14(2)18-3/h4-11,14,18H,12H2,1-3H3. The fraction of sp³-hybridized carbons (Fsp3) is 0.294. The first kappa shape index (κ1) is 14.2. The molecule has 0 saturated heterocycles. The van der Waals surface area contributed by atoms with E-state index in [1.807, 2.05) is 18.8 Å². The van der Waals surface area contributed by atoms with Crippen LogP contribution in [0.3, 0.4) is 0 Å². The number of aryl methyl sites for hydroxylation is 1. The summed E-state index contributed by atoms with van der Waals surface area (Å²) in [5, 5.41) is 3.28. The van der Waals surface area contributed by atoms with Crippen LogP contribution in [0.5, 0.6) is 0 Å². The minimum atomic E-state index is 0.402. The van der Waals surface area contributed by atoms with E-state index in [0.717, 1.165) is 5.75 Å². The number of nitrogens with one attached hydrogen (secondary N) is 1. The van der Waals surface area contributed by atoms with E-state index in [0.29, 0.717) is 6.04 Å². The van der Waals surface area contributed by atoms with Gasteiger partial charge in [-0.05, 0) is 44.2 Å². The van der Waals surface area contributed by atoms with Gasteiger partial charge >= 0.3 is 0 Å². The zero-order valence-corrected chi connectivity index (χ0v) is 12.6. The van der Waals surface area contributed by atoms with Gasteiger partial charge in [-0.15, -0.1) is 11.8 Å². The Morgan fingerprint density at radius 1 is 1.11 bits per heavy atom. The van der Waals surface area contributed by atoms with Gasteiger partial charge < -0.3 is 5.32 Å². The Labute approximate surface area is 120 Å². The van der Waals surface area contributed by atoms with Crippen molar-refractivity contribution in [3.63, 3.8) is 0 Å². The molecule has 0 spiro atoms. The molecule has 0 aliphatic carbocycles. The maximum absolute atomic E-state index is 3.28. The third-order valence-corrected chi connectivity index (χ3v) is 4.34. The van der Waals surface area contributed by atoms with Crippen LogP contribution in [0.2, 0.25) is 0 Å². The van der Waals surface area contributed by atoms with Crippen LogP contribution in [-0.2, 0) is 5.75 Å². The molecule has 0 fully saturated rings. The summed E-state index contributed by atoms with van der Waals surface area (Å²) in [5.74, 6) is 1.03. The van der Waals surface area contributed by atoms with E-state index >= 15 is 0 Å². The molecule has 0 saturated carbocycles. The van der Waals surface area contributed by atoms with Gasteiger partial charge in [-0.3, -0.25) is 0 Å². The van der Waals surface area contributed by atoms with Crippen molar-refractivity contribution >= 4 is 11.8 Å². The van der Waals surface area contributed by atoms with Crippen molar-refractivity contribution in [3.05, 3.63) is 65.2 Å². The van der Waals surface area contributed by atoms with Gasteiger partial charge in [0.15, 0.2) is 0 Å². The Kier molecular flexibility index (Phi) is 5.06. The second kappa shape index (κ2) is 6.78. The Morgan fingerprint density at radius 2 is 1.89 bits per heavy atom. The number of benzene rings is 2. The number of hydrogen-bond acceptors (Lipinski definition) is 2. The third kappa shape index (κ3) is 4.12. The first-order chi connectivity index (χ1) is 9.19. The topological polar surface area (TPSA) is 12.0 Å². The molecule has 1 nitrogen and oxygen atoms in total. The third-order valence-electron chi connectivity index (χ3n) is 3.28. The van der Waals surface area contributed by atoms with Crippen molar-refractivity contribution in [2.45, 2.75) is 30.5 Å². The summed E-state index contributed by atoms with van der Waals surface area (Å²) in [6.45, 7) is 4.33. The summed E-state index contributed by atoms with van der Waals surface area (Å²) in [5.41, 5.74) is 4.06. The maximum atomic E-state index is 3.28. The SMILES string of the molecule is CNC(C)c1cccc(SCc2cccc(C)c2)c1. The van der Waals surface area contributed by atoms with Gasteiger partial charge in [0.05, 0.1) is 0 Å². The van der Waals surface area contributed by atoms with Crippen LogP contribution in [-0.4, -0.2) is 7.05 Å². The molecule has 2 aromatic rings. The Balaban J connectivity index is 2.03. The quantitative estimate of drug-likeness (QED) is 0.800. The highest BCUT2D eigenvalue weighted by Crippen LogP contribution is 2.25. The predicted octanol–water partition coefficient (Wildman–Crippen LogP) is 4.57. The van der Waals surface area contributed by atoms with Crippen LogP contribution < -0.4 is 5.32 Å². The molecule has 0 radical (unpaired) electrons. The summed E-state index contributed by atoms with van der Waals surface area (Å²) >= 11 is 1.90. The van der Waals surface area contributed by atoms with Crippen molar-refractivity contribution in [1.29, 1.82) is 0 Å². The summed E-state index contributed by atoms with van der Waals surface area (Å²) in [6.07, 6.45) is 0. The highest BCUT2D eigenvalue weighted by atomic mass is 32.2. The van der Waals surface area contributed by atoms with Crippen LogP contribution in [0.25, 0.3) is 0 Å². The van der Waals surface area contributed by atoms with Gasteiger partial charge in [0.25, 0.3) is 0 Å². The first-order valence-corrected chi connectivity index (χ1v) is 7.63. The monoisotopic (exact) mass is 271 g/mol. The molecule has 2 rings (SSSR count). The lowest BCUT2D eigenvalue weighted by molar-refractivity contribution is 0.651. The molecule has 0 aromatic heterocycles. The van der Waals surface area contributed by atoms with E-state index in [1.54, 1.807) is 0 Å². The molecule has 0 bridgehead atoms. The van der Waals surface area contributed by atoms with E-state index in [2.05, 4.69) is 67.7 Å². The van der Waals surface area contributed by atoms with Gasteiger partial charge in [-0.2, -0.15) is 0 Å². The molecule has 19 heavy (non-hydrogen) atoms. The molecule has 1 N–H and O–H groups in total. The number of rotatable bonds is 5. The maximum Gasteiger partial charge on any atom is 0.0289 e. The Hall–Kier alpha value is -1.25. The molecule has 0 aliphatic heterocycles. The molecular formula is C17H21NS. The van der Waals surface area contributed by atoms with Crippen LogP contribution in [0.4, 0.5) is 0 Å². The minimum Gasteiger partial charge on any atom is -0.313 e. The summed E-state index contributed by atoms with van der Waals surface area (Å²) in [4.78, 5) is 1.33. The summed E-state index contributed by atoms with van der Waals surface area (Å²) in [6, 6.07) is 17.9. The highest BCUT2D eigenvalue weighted by molar-refractivity contribution is 7.98. The average molecular weight is 271 g/mol. The molecule has 2 heteroatoms. The Morgan fingerprint density at radius 3 is 2.63 bits per heavy atom. The fourth-order valence-electron chi connectivity index (χ4n) is 2.01.